The maximum Gasteiger partial charge on any atom is 0.256 e. The van der Waals surface area contributed by atoms with Crippen molar-refractivity contribution in [2.24, 2.45) is 5.92 Å². The Labute approximate surface area is 125 Å². The van der Waals surface area contributed by atoms with Crippen molar-refractivity contribution >= 4 is 11.8 Å². The number of pyridine rings is 1. The van der Waals surface area contributed by atoms with Gasteiger partial charge in [-0.2, -0.15) is 0 Å². The molecule has 0 bridgehead atoms. The van der Waals surface area contributed by atoms with Gasteiger partial charge >= 0.3 is 0 Å². The van der Waals surface area contributed by atoms with Gasteiger partial charge in [-0.05, 0) is 19.3 Å². The van der Waals surface area contributed by atoms with Gasteiger partial charge in [0.15, 0.2) is 5.75 Å². The van der Waals surface area contributed by atoms with Gasteiger partial charge in [0.1, 0.15) is 0 Å². The summed E-state index contributed by atoms with van der Waals surface area (Å²) in [6, 6.07) is 1.98. The Morgan fingerprint density at radius 1 is 1.35 bits per heavy atom. The van der Waals surface area contributed by atoms with Crippen molar-refractivity contribution in [1.82, 2.24) is 4.98 Å². The molecule has 0 spiro atoms. The quantitative estimate of drug-likeness (QED) is 0.764. The molecular formula is C16H21NO2S. The fourth-order valence-corrected chi connectivity index (χ4v) is 3.18. The average molecular weight is 291 g/mol. The Bertz CT molecular complexity index is 537. The monoisotopic (exact) mass is 291 g/mol. The molecule has 4 heteroatoms. The van der Waals surface area contributed by atoms with E-state index in [0.29, 0.717) is 17.5 Å². The number of allylic oxidation sites excluding steroid dienone is 3. The average Bonchev–Trinajstić information content (AvgIpc) is 2.47. The second-order valence-electron chi connectivity index (χ2n) is 5.00. The topological polar surface area (TPSA) is 31.4 Å². The van der Waals surface area contributed by atoms with E-state index in [4.69, 9.17) is 9.47 Å². The van der Waals surface area contributed by atoms with Crippen molar-refractivity contribution in [2.75, 3.05) is 20.0 Å². The van der Waals surface area contributed by atoms with Crippen LogP contribution in [0.3, 0.4) is 0 Å². The molecule has 0 aliphatic heterocycles. The van der Waals surface area contributed by atoms with Gasteiger partial charge in [-0.3, -0.25) is 0 Å². The van der Waals surface area contributed by atoms with E-state index in [9.17, 15) is 0 Å². The molecule has 1 aromatic rings. The van der Waals surface area contributed by atoms with Gasteiger partial charge < -0.3 is 9.47 Å². The Balaban J connectivity index is 2.06. The van der Waals surface area contributed by atoms with E-state index in [-0.39, 0.29) is 0 Å². The van der Waals surface area contributed by atoms with Crippen LogP contribution in [0.1, 0.15) is 20.3 Å². The fourth-order valence-electron chi connectivity index (χ4n) is 2.18. The van der Waals surface area contributed by atoms with Gasteiger partial charge in [-0.1, -0.05) is 30.2 Å². The molecule has 0 amide bonds. The standard InChI is InChI=1S/C16H21NO2S/c1-11-5-6-12(2)13(7-11)10-20-14-8-15(18-3)16(19-4)17-9-14/h5-6,8-9,11H,7,10H2,1-4H3. The van der Waals surface area contributed by atoms with Gasteiger partial charge in [0.05, 0.1) is 14.2 Å². The van der Waals surface area contributed by atoms with Gasteiger partial charge in [-0.15, -0.1) is 11.8 Å². The predicted molar refractivity (Wildman–Crippen MR) is 83.7 cm³/mol. The zero-order chi connectivity index (χ0) is 14.5. The molecule has 1 aliphatic carbocycles. The molecule has 1 aliphatic rings. The van der Waals surface area contributed by atoms with Crippen molar-refractivity contribution in [3.8, 4) is 11.6 Å². The van der Waals surface area contributed by atoms with Crippen LogP contribution in [0.4, 0.5) is 0 Å². The summed E-state index contributed by atoms with van der Waals surface area (Å²) in [5.74, 6) is 2.84. The Hall–Kier alpha value is -1.42. The number of hydrogen-bond acceptors (Lipinski definition) is 4. The lowest BCUT2D eigenvalue weighted by molar-refractivity contribution is 0.341. The molecular weight excluding hydrogens is 270 g/mol. The Kier molecular flexibility index (Phi) is 5.12. The summed E-state index contributed by atoms with van der Waals surface area (Å²) in [5.41, 5.74) is 2.91. The first-order chi connectivity index (χ1) is 9.63. The van der Waals surface area contributed by atoms with Crippen molar-refractivity contribution in [3.05, 3.63) is 35.6 Å². The van der Waals surface area contributed by atoms with Gasteiger partial charge in [-0.25, -0.2) is 4.98 Å². The van der Waals surface area contributed by atoms with Gasteiger partial charge in [0, 0.05) is 22.9 Å². The summed E-state index contributed by atoms with van der Waals surface area (Å²) >= 11 is 1.79. The number of nitrogens with zero attached hydrogens (tertiary/aromatic N) is 1. The van der Waals surface area contributed by atoms with Crippen LogP contribution in [0.5, 0.6) is 11.6 Å². The maximum atomic E-state index is 5.28. The number of rotatable bonds is 5. The van der Waals surface area contributed by atoms with Crippen LogP contribution in [0.15, 0.2) is 40.5 Å². The molecule has 3 nitrogen and oxygen atoms in total. The van der Waals surface area contributed by atoms with E-state index in [1.165, 1.54) is 11.1 Å². The predicted octanol–water partition coefficient (Wildman–Crippen LogP) is 4.10. The van der Waals surface area contributed by atoms with Crippen molar-refractivity contribution in [1.29, 1.82) is 0 Å². The zero-order valence-corrected chi connectivity index (χ0v) is 13.3. The second kappa shape index (κ2) is 6.84. The minimum absolute atomic E-state index is 0.529. The van der Waals surface area contributed by atoms with Crippen LogP contribution in [0, 0.1) is 5.92 Å². The molecule has 1 heterocycles. The summed E-state index contributed by atoms with van der Waals surface area (Å²) in [4.78, 5) is 5.37. The highest BCUT2D eigenvalue weighted by Gasteiger charge is 2.12. The first-order valence-corrected chi connectivity index (χ1v) is 7.70. The minimum atomic E-state index is 0.529. The van der Waals surface area contributed by atoms with Crippen molar-refractivity contribution in [2.45, 2.75) is 25.2 Å². The molecule has 0 N–H and O–H groups in total. The highest BCUT2D eigenvalue weighted by molar-refractivity contribution is 7.99. The van der Waals surface area contributed by atoms with E-state index in [0.717, 1.165) is 17.1 Å². The molecule has 2 rings (SSSR count). The SMILES string of the molecule is COc1cc(SCC2=C(C)C=CC(C)C2)cnc1OC. The van der Waals surface area contributed by atoms with Crippen LogP contribution >= 0.6 is 11.8 Å². The number of ether oxygens (including phenoxy) is 2. The van der Waals surface area contributed by atoms with Crippen LogP contribution in [0.25, 0.3) is 0 Å². The third kappa shape index (κ3) is 3.57. The van der Waals surface area contributed by atoms with Crippen molar-refractivity contribution < 1.29 is 9.47 Å². The van der Waals surface area contributed by atoms with Gasteiger partial charge in [0.25, 0.3) is 5.88 Å². The minimum Gasteiger partial charge on any atom is -0.491 e. The van der Waals surface area contributed by atoms with Crippen LogP contribution in [0.2, 0.25) is 0 Å². The molecule has 1 aromatic heterocycles. The Morgan fingerprint density at radius 3 is 2.85 bits per heavy atom. The fraction of sp³-hybridized carbons (Fsp3) is 0.438. The largest absolute Gasteiger partial charge is 0.491 e. The lowest BCUT2D eigenvalue weighted by Crippen LogP contribution is -2.03. The Morgan fingerprint density at radius 2 is 2.15 bits per heavy atom. The molecule has 1 atom stereocenters. The molecule has 108 valence electrons. The first-order valence-electron chi connectivity index (χ1n) is 6.71. The highest BCUT2D eigenvalue weighted by Crippen LogP contribution is 2.32. The molecule has 1 unspecified atom stereocenters. The number of hydrogen-bond donors (Lipinski definition) is 0. The first kappa shape index (κ1) is 15.0. The molecule has 0 aromatic carbocycles. The third-order valence-corrected chi connectivity index (χ3v) is 4.47. The molecule has 0 radical (unpaired) electrons. The molecule has 20 heavy (non-hydrogen) atoms. The zero-order valence-electron chi connectivity index (χ0n) is 12.5. The lowest BCUT2D eigenvalue weighted by atomic mass is 9.93. The van der Waals surface area contributed by atoms with E-state index in [1.807, 2.05) is 12.3 Å². The van der Waals surface area contributed by atoms with Gasteiger partial charge in [0.2, 0.25) is 0 Å². The second-order valence-corrected chi connectivity index (χ2v) is 6.05. The highest BCUT2D eigenvalue weighted by atomic mass is 32.2. The van der Waals surface area contributed by atoms with Crippen LogP contribution in [-0.2, 0) is 0 Å². The summed E-state index contributed by atoms with van der Waals surface area (Å²) in [6.07, 6.45) is 7.50. The third-order valence-electron chi connectivity index (χ3n) is 3.42. The number of aromatic nitrogens is 1. The summed E-state index contributed by atoms with van der Waals surface area (Å²) in [7, 11) is 3.23. The van der Waals surface area contributed by atoms with Crippen LogP contribution in [-0.4, -0.2) is 25.0 Å². The molecule has 0 saturated heterocycles. The maximum absolute atomic E-state index is 5.28. The smallest absolute Gasteiger partial charge is 0.256 e. The van der Waals surface area contributed by atoms with E-state index in [1.54, 1.807) is 26.0 Å². The van der Waals surface area contributed by atoms with Crippen LogP contribution < -0.4 is 9.47 Å². The molecule has 0 saturated carbocycles. The van der Waals surface area contributed by atoms with E-state index >= 15 is 0 Å². The van der Waals surface area contributed by atoms with E-state index < -0.39 is 0 Å². The normalized spacial score (nSPS) is 18.3. The van der Waals surface area contributed by atoms with E-state index in [2.05, 4.69) is 31.0 Å². The summed E-state index contributed by atoms with van der Waals surface area (Å²) in [5, 5.41) is 0. The lowest BCUT2D eigenvalue weighted by Gasteiger charge is -2.18. The number of methoxy groups -OCH3 is 2. The summed E-state index contributed by atoms with van der Waals surface area (Å²) in [6.45, 7) is 4.44. The molecule has 0 fully saturated rings. The summed E-state index contributed by atoms with van der Waals surface area (Å²) < 4.78 is 10.4. The number of thioether (sulfide) groups is 1. The van der Waals surface area contributed by atoms with Crippen molar-refractivity contribution in [3.63, 3.8) is 0 Å².